The van der Waals surface area contributed by atoms with Gasteiger partial charge in [0.1, 0.15) is 5.76 Å². The average molecular weight is 259 g/mol. The van der Waals surface area contributed by atoms with Crippen molar-refractivity contribution in [1.29, 1.82) is 0 Å². The highest BCUT2D eigenvalue weighted by molar-refractivity contribution is 5.13. The lowest BCUT2D eigenvalue weighted by molar-refractivity contribution is 0.288. The van der Waals surface area contributed by atoms with E-state index in [9.17, 15) is 0 Å². The van der Waals surface area contributed by atoms with E-state index in [1.165, 1.54) is 11.1 Å². The second kappa shape index (κ2) is 7.07. The maximum Gasteiger partial charge on any atom is 0.118 e. The molecule has 1 N–H and O–H groups in total. The molecular formula is C15H21N3O. The molecule has 0 saturated heterocycles. The molecule has 4 nitrogen and oxygen atoms in total. The predicted octanol–water partition coefficient (Wildman–Crippen LogP) is 2.42. The first kappa shape index (κ1) is 13.8. The third-order valence-electron chi connectivity index (χ3n) is 2.91. The second-order valence-corrected chi connectivity index (χ2v) is 4.73. The summed E-state index contributed by atoms with van der Waals surface area (Å²) < 4.78 is 5.58. The quantitative estimate of drug-likeness (QED) is 0.829. The van der Waals surface area contributed by atoms with Gasteiger partial charge in [-0.25, -0.2) is 0 Å². The van der Waals surface area contributed by atoms with Crippen LogP contribution in [0.15, 0.2) is 41.3 Å². The monoisotopic (exact) mass is 259 g/mol. The maximum absolute atomic E-state index is 5.58. The zero-order chi connectivity index (χ0) is 13.5. The van der Waals surface area contributed by atoms with Gasteiger partial charge >= 0.3 is 0 Å². The number of furan rings is 1. The van der Waals surface area contributed by atoms with Crippen LogP contribution in [0.2, 0.25) is 0 Å². The summed E-state index contributed by atoms with van der Waals surface area (Å²) in [6, 6.07) is 6.19. The molecule has 0 bridgehead atoms. The lowest BCUT2D eigenvalue weighted by atomic mass is 10.2. The Balaban J connectivity index is 1.85. The highest BCUT2D eigenvalue weighted by Crippen LogP contribution is 2.11. The van der Waals surface area contributed by atoms with Crippen LogP contribution < -0.4 is 5.32 Å². The number of hydrogen-bond donors (Lipinski definition) is 1. The summed E-state index contributed by atoms with van der Waals surface area (Å²) in [6.45, 7) is 5.65. The van der Waals surface area contributed by atoms with E-state index in [4.69, 9.17) is 4.42 Å². The van der Waals surface area contributed by atoms with Crippen LogP contribution in [0.4, 0.5) is 0 Å². The van der Waals surface area contributed by atoms with E-state index in [-0.39, 0.29) is 0 Å². The summed E-state index contributed by atoms with van der Waals surface area (Å²) in [5, 5.41) is 3.29. The summed E-state index contributed by atoms with van der Waals surface area (Å²) in [5.74, 6) is 1.00. The molecule has 2 aromatic rings. The smallest absolute Gasteiger partial charge is 0.118 e. The summed E-state index contributed by atoms with van der Waals surface area (Å²) in [5.41, 5.74) is 2.46. The minimum Gasteiger partial charge on any atom is -0.468 e. The maximum atomic E-state index is 5.58. The first-order chi connectivity index (χ1) is 9.28. The molecule has 0 aromatic carbocycles. The van der Waals surface area contributed by atoms with Crippen LogP contribution in [-0.4, -0.2) is 23.5 Å². The van der Waals surface area contributed by atoms with Crippen LogP contribution in [0.3, 0.4) is 0 Å². The molecule has 19 heavy (non-hydrogen) atoms. The molecule has 0 saturated carbocycles. The number of aromatic nitrogens is 1. The highest BCUT2D eigenvalue weighted by Gasteiger charge is 2.06. The molecule has 0 radical (unpaired) electrons. The van der Waals surface area contributed by atoms with Crippen LogP contribution in [0.1, 0.15) is 23.8 Å². The van der Waals surface area contributed by atoms with E-state index in [0.29, 0.717) is 0 Å². The number of nitrogens with one attached hydrogen (secondary N) is 1. The van der Waals surface area contributed by atoms with Crippen LogP contribution in [-0.2, 0) is 19.6 Å². The molecule has 2 heterocycles. The van der Waals surface area contributed by atoms with Crippen molar-refractivity contribution in [2.45, 2.75) is 26.6 Å². The average Bonchev–Trinajstić information content (AvgIpc) is 2.85. The van der Waals surface area contributed by atoms with Crippen LogP contribution in [0, 0.1) is 0 Å². The van der Waals surface area contributed by atoms with Crippen molar-refractivity contribution in [2.75, 3.05) is 13.6 Å². The van der Waals surface area contributed by atoms with E-state index in [1.54, 1.807) is 0 Å². The molecule has 4 heteroatoms. The molecule has 0 spiro atoms. The Labute approximate surface area is 114 Å². The summed E-state index contributed by atoms with van der Waals surface area (Å²) in [6.07, 6.45) is 5.48. The lowest BCUT2D eigenvalue weighted by Gasteiger charge is -2.14. The Kier molecular flexibility index (Phi) is 5.12. The van der Waals surface area contributed by atoms with Crippen LogP contribution in [0.25, 0.3) is 0 Å². The van der Waals surface area contributed by atoms with Gasteiger partial charge in [0.05, 0.1) is 12.8 Å². The molecule has 0 unspecified atom stereocenters. The van der Waals surface area contributed by atoms with Gasteiger partial charge in [0.25, 0.3) is 0 Å². The van der Waals surface area contributed by atoms with Gasteiger partial charge in [0.15, 0.2) is 0 Å². The van der Waals surface area contributed by atoms with Gasteiger partial charge in [-0.3, -0.25) is 9.88 Å². The third kappa shape index (κ3) is 4.50. The van der Waals surface area contributed by atoms with E-state index < -0.39 is 0 Å². The Morgan fingerprint density at radius 3 is 2.74 bits per heavy atom. The molecule has 0 aliphatic rings. The van der Waals surface area contributed by atoms with Crippen LogP contribution >= 0.6 is 0 Å². The Morgan fingerprint density at radius 1 is 1.21 bits per heavy atom. The van der Waals surface area contributed by atoms with Gasteiger partial charge in [0.2, 0.25) is 0 Å². The zero-order valence-corrected chi connectivity index (χ0v) is 11.6. The van der Waals surface area contributed by atoms with Crippen molar-refractivity contribution in [3.8, 4) is 0 Å². The fraction of sp³-hybridized carbons (Fsp3) is 0.400. The number of pyridine rings is 1. The largest absolute Gasteiger partial charge is 0.468 e. The molecule has 2 aromatic heterocycles. The van der Waals surface area contributed by atoms with Gasteiger partial charge in [-0.15, -0.1) is 0 Å². The van der Waals surface area contributed by atoms with E-state index >= 15 is 0 Å². The van der Waals surface area contributed by atoms with Gasteiger partial charge in [-0.2, -0.15) is 0 Å². The van der Waals surface area contributed by atoms with Crippen molar-refractivity contribution in [1.82, 2.24) is 15.2 Å². The molecule has 0 fully saturated rings. The first-order valence-corrected chi connectivity index (χ1v) is 6.62. The Bertz CT molecular complexity index is 481. The molecule has 0 atom stereocenters. The van der Waals surface area contributed by atoms with Crippen molar-refractivity contribution < 1.29 is 4.42 Å². The lowest BCUT2D eigenvalue weighted by Crippen LogP contribution is -2.16. The van der Waals surface area contributed by atoms with E-state index in [2.05, 4.69) is 35.2 Å². The SMILES string of the molecule is CCNCc1coc(CN(C)Cc2ccncc2)c1. The third-order valence-corrected chi connectivity index (χ3v) is 2.91. The van der Waals surface area contributed by atoms with Crippen LogP contribution in [0.5, 0.6) is 0 Å². The summed E-state index contributed by atoms with van der Waals surface area (Å²) >= 11 is 0. The standard InChI is InChI=1S/C15H21N3O/c1-3-16-9-14-8-15(19-12-14)11-18(2)10-13-4-6-17-7-5-13/h4-8,12,16H,3,9-11H2,1-2H3. The molecule has 2 rings (SSSR count). The summed E-state index contributed by atoms with van der Waals surface area (Å²) in [7, 11) is 2.09. The Morgan fingerprint density at radius 2 is 2.00 bits per heavy atom. The molecular weight excluding hydrogens is 238 g/mol. The number of nitrogens with zero attached hydrogens (tertiary/aromatic N) is 2. The predicted molar refractivity (Wildman–Crippen MR) is 75.5 cm³/mol. The minimum absolute atomic E-state index is 0.814. The topological polar surface area (TPSA) is 41.3 Å². The fourth-order valence-electron chi connectivity index (χ4n) is 1.99. The first-order valence-electron chi connectivity index (χ1n) is 6.62. The molecule has 0 aliphatic heterocycles. The van der Waals surface area contributed by atoms with Gasteiger partial charge in [-0.1, -0.05) is 6.92 Å². The Hall–Kier alpha value is -1.65. The molecule has 0 amide bonds. The second-order valence-electron chi connectivity index (χ2n) is 4.73. The van der Waals surface area contributed by atoms with Gasteiger partial charge in [0, 0.05) is 31.0 Å². The van der Waals surface area contributed by atoms with Crippen molar-refractivity contribution >= 4 is 0 Å². The zero-order valence-electron chi connectivity index (χ0n) is 11.6. The van der Waals surface area contributed by atoms with Crippen molar-refractivity contribution in [3.63, 3.8) is 0 Å². The highest BCUT2D eigenvalue weighted by atomic mass is 16.3. The van der Waals surface area contributed by atoms with Crippen molar-refractivity contribution in [3.05, 3.63) is 53.7 Å². The molecule has 0 aliphatic carbocycles. The van der Waals surface area contributed by atoms with E-state index in [0.717, 1.165) is 31.9 Å². The number of rotatable bonds is 7. The fourth-order valence-corrected chi connectivity index (χ4v) is 1.99. The molecule has 102 valence electrons. The van der Waals surface area contributed by atoms with Gasteiger partial charge in [-0.05, 0) is 37.4 Å². The minimum atomic E-state index is 0.814. The number of hydrogen-bond acceptors (Lipinski definition) is 4. The van der Waals surface area contributed by atoms with Gasteiger partial charge < -0.3 is 9.73 Å². The van der Waals surface area contributed by atoms with Crippen molar-refractivity contribution in [2.24, 2.45) is 0 Å². The van der Waals surface area contributed by atoms with E-state index in [1.807, 2.05) is 30.8 Å². The normalized spacial score (nSPS) is 11.1. The summed E-state index contributed by atoms with van der Waals surface area (Å²) in [4.78, 5) is 6.25.